The largest absolute Gasteiger partial charge is 0.506 e. The van der Waals surface area contributed by atoms with E-state index in [-0.39, 0.29) is 16.7 Å². The van der Waals surface area contributed by atoms with Gasteiger partial charge in [0.2, 0.25) is 0 Å². The zero-order chi connectivity index (χ0) is 63.0. The van der Waals surface area contributed by atoms with Crippen LogP contribution in [0.2, 0.25) is 10.0 Å². The highest BCUT2D eigenvalue weighted by atomic mass is 79.9. The number of carboxylic acids is 1. The van der Waals surface area contributed by atoms with Gasteiger partial charge in [-0.2, -0.15) is 0 Å². The first-order valence-electron chi connectivity index (χ1n) is 26.0. The van der Waals surface area contributed by atoms with Crippen molar-refractivity contribution >= 4 is 102 Å². The molecule has 0 bridgehead atoms. The van der Waals surface area contributed by atoms with Crippen LogP contribution in [0.5, 0.6) is 5.75 Å². The molecule has 2 aliphatic rings. The summed E-state index contributed by atoms with van der Waals surface area (Å²) < 4.78 is 26.6. The third-order valence-electron chi connectivity index (χ3n) is 13.0. The Morgan fingerprint density at radius 1 is 0.573 bits per heavy atom. The fraction of sp³-hybridized carbons (Fsp3) is 0.362. The molecule has 0 heterocycles. The minimum atomic E-state index is -1.02. The number of nitrogen functional groups attached to an aromatic ring is 10. The number of benzene rings is 6. The number of phenolic OH excluding ortho intramolecular Hbond substituents is 1. The van der Waals surface area contributed by atoms with Crippen LogP contribution in [0.3, 0.4) is 0 Å². The molecule has 19 nitrogen and oxygen atoms in total. The highest BCUT2D eigenvalue weighted by molar-refractivity contribution is 9.10. The Morgan fingerprint density at radius 3 is 1.30 bits per heavy atom. The number of hydrogen-bond acceptors (Lipinski definition) is 18. The lowest BCUT2D eigenvalue weighted by atomic mass is 9.63. The van der Waals surface area contributed by atoms with Gasteiger partial charge in [0.1, 0.15) is 15.8 Å². The number of aromatic hydroxyl groups is 1. The number of nitrogens with two attached hydrogens (primary N) is 16. The van der Waals surface area contributed by atoms with E-state index in [1.54, 1.807) is 18.2 Å². The number of aryl methyl sites for hydroxylation is 2. The average molecular weight is 1250 g/mol. The summed E-state index contributed by atoms with van der Waals surface area (Å²) in [6.07, 6.45) is 7.95. The van der Waals surface area contributed by atoms with Crippen molar-refractivity contribution in [2.24, 2.45) is 45.2 Å². The van der Waals surface area contributed by atoms with Gasteiger partial charge >= 0.3 is 5.97 Å². The number of aromatic carboxylic acids is 1. The van der Waals surface area contributed by atoms with Crippen molar-refractivity contribution in [2.45, 2.75) is 118 Å². The molecule has 0 amide bonds. The summed E-state index contributed by atoms with van der Waals surface area (Å²) in [5.74, 6) is -2.95. The van der Waals surface area contributed by atoms with Crippen LogP contribution in [0.1, 0.15) is 104 Å². The van der Waals surface area contributed by atoms with Crippen molar-refractivity contribution in [3.63, 3.8) is 0 Å². The molecule has 24 heteroatoms. The lowest BCUT2D eigenvalue weighted by molar-refractivity contribution is 0.0696. The van der Waals surface area contributed by atoms with Crippen molar-refractivity contribution in [1.82, 2.24) is 0 Å². The molecule has 8 rings (SSSR count). The molecule has 0 spiro atoms. The summed E-state index contributed by atoms with van der Waals surface area (Å²) in [5, 5.41) is 16.3. The topological polar surface area (TPSA) is 474 Å². The molecule has 0 aromatic heterocycles. The second kappa shape index (κ2) is 34.7. The second-order valence-corrected chi connectivity index (χ2v) is 22.9. The smallest absolute Gasteiger partial charge is 0.335 e. The molecule has 0 saturated heterocycles. The molecule has 0 aliphatic heterocycles. The monoisotopic (exact) mass is 1240 g/mol. The second-order valence-electron chi connectivity index (χ2n) is 21.3. The van der Waals surface area contributed by atoms with E-state index in [1.165, 1.54) is 36.8 Å². The molecule has 82 heavy (non-hydrogen) atoms. The predicted molar refractivity (Wildman–Crippen MR) is 346 cm³/mol. The maximum Gasteiger partial charge on any atom is 0.335 e. The molecule has 6 aromatic rings. The first-order valence-corrected chi connectivity index (χ1v) is 27.5. The first kappa shape index (κ1) is 73.3. The Hall–Kier alpha value is -6.73. The standard InChI is InChI=1S/C10H22N2.C9H14N2.C8H12N2.C7H8N2O2.C6H7BrN2.C6H4Cl2F2N2.C6H8N2O.C6H14N2/c1-9(2)4-8(12)5-10(3,6-9)7-11;1-5-4-6(2)9(11)7(3)8(5)10;9-5-7-1-2-8(6-10)4-3-7;8-5-1-4(7(10)11)2-6(9)3-5;7-5-2-1-4(8)3-6(5)9;7-1-3(9)6(12)2(8)4(10)5(1)11;7-4-1-2-6(9)5(8)3-4;7-5-1-2-6(8)4-3-5/h8H,4-7,11-12H2,1-3H3;4H,10-11H2,1-3H3;1-4H,5-6,9-10H2;1-3H,8-9H2,(H,10,11);1-3H,8-9H2;11-12H2;1-3,9H,7-8H2;5-6H,1-4,7-8H2. The van der Waals surface area contributed by atoms with Crippen LogP contribution in [0.15, 0.2) is 89.4 Å². The van der Waals surface area contributed by atoms with Crippen LogP contribution < -0.4 is 91.7 Å². The molecule has 2 unspecified atom stereocenters. The number of anilines is 10. The van der Waals surface area contributed by atoms with E-state index in [9.17, 15) is 13.6 Å². The van der Waals surface area contributed by atoms with Gasteiger partial charge in [-0.25, -0.2) is 13.6 Å². The summed E-state index contributed by atoms with van der Waals surface area (Å²) in [4.78, 5) is 10.4. The molecule has 2 aliphatic carbocycles. The van der Waals surface area contributed by atoms with E-state index < -0.39 is 39.0 Å². The summed E-state index contributed by atoms with van der Waals surface area (Å²) in [7, 11) is 0. The average Bonchev–Trinajstić information content (AvgIpc) is 3.51. The van der Waals surface area contributed by atoms with Crippen molar-refractivity contribution < 1.29 is 23.8 Å². The van der Waals surface area contributed by atoms with Gasteiger partial charge in [0.05, 0.1) is 22.6 Å². The molecule has 2 fully saturated rings. The van der Waals surface area contributed by atoms with Crippen LogP contribution in [-0.4, -0.2) is 40.9 Å². The maximum atomic E-state index is 12.8. The Morgan fingerprint density at radius 2 is 0.976 bits per heavy atom. The van der Waals surface area contributed by atoms with Crippen LogP contribution >= 0.6 is 39.1 Å². The van der Waals surface area contributed by atoms with Crippen molar-refractivity contribution in [2.75, 3.05) is 63.9 Å². The number of hydrogen-bond donors (Lipinski definition) is 18. The fourth-order valence-corrected chi connectivity index (χ4v) is 9.26. The SMILES string of the molecule is CC1(C)CC(N)CC(C)(CN)C1.Cc1cc(C)c(N)c(C)c1N.NC1CCC(N)CC1.NCc1ccc(CN)cc1.Nc1c(F)c(Cl)c(N)c(F)c1Cl.Nc1cc(N)cc(C(=O)O)c1.Nc1ccc(Br)c(N)c1.Nc1ccc(O)c(N)c1. The Kier molecular flexibility index (Phi) is 31.0. The normalized spacial score (nSPS) is 17.3. The van der Waals surface area contributed by atoms with Crippen LogP contribution in [0.4, 0.5) is 65.7 Å². The number of phenols is 1. The van der Waals surface area contributed by atoms with E-state index in [2.05, 4.69) is 36.7 Å². The quantitative estimate of drug-likeness (QED) is 0.0338. The molecule has 2 saturated carbocycles. The van der Waals surface area contributed by atoms with Crippen molar-refractivity contribution in [3.05, 3.63) is 144 Å². The molecule has 454 valence electrons. The predicted octanol–water partition coefficient (Wildman–Crippen LogP) is 9.24. The minimum Gasteiger partial charge on any atom is -0.506 e. The van der Waals surface area contributed by atoms with Gasteiger partial charge in [-0.05, 0) is 181 Å². The fourth-order valence-electron chi connectivity index (χ4n) is 8.64. The maximum absolute atomic E-state index is 12.8. The lowest BCUT2D eigenvalue weighted by Crippen LogP contribution is -2.45. The molecular weight excluding hydrogens is 1160 g/mol. The third-order valence-corrected chi connectivity index (χ3v) is 14.5. The molecule has 0 radical (unpaired) electrons. The molecular formula is C58H89BrCl2F2N16O3. The molecule has 2 atom stereocenters. The van der Waals surface area contributed by atoms with Gasteiger partial charge in [-0.1, -0.05) is 74.3 Å². The van der Waals surface area contributed by atoms with Gasteiger partial charge < -0.3 is 102 Å². The highest BCUT2D eigenvalue weighted by Crippen LogP contribution is 2.45. The van der Waals surface area contributed by atoms with Gasteiger partial charge in [-0.3, -0.25) is 0 Å². The van der Waals surface area contributed by atoms with Gasteiger partial charge in [-0.15, -0.1) is 0 Å². The number of carboxylic acid groups (broad SMARTS) is 1. The van der Waals surface area contributed by atoms with E-state index in [0.29, 0.717) is 70.8 Å². The number of carbonyl (C=O) groups is 1. The zero-order valence-electron chi connectivity index (χ0n) is 47.8. The number of rotatable bonds is 4. The van der Waals surface area contributed by atoms with Crippen LogP contribution in [-0.2, 0) is 13.1 Å². The van der Waals surface area contributed by atoms with Gasteiger partial charge in [0.15, 0.2) is 11.6 Å². The van der Waals surface area contributed by atoms with E-state index >= 15 is 0 Å². The van der Waals surface area contributed by atoms with Crippen LogP contribution in [0, 0.1) is 43.2 Å². The Labute approximate surface area is 500 Å². The summed E-state index contributed by atoms with van der Waals surface area (Å²) in [6, 6.07) is 25.4. The first-order chi connectivity index (χ1) is 38.0. The summed E-state index contributed by atoms with van der Waals surface area (Å²) in [6.45, 7) is 14.8. The van der Waals surface area contributed by atoms with Gasteiger partial charge in [0.25, 0.3) is 0 Å². The Balaban J connectivity index is 0.000000470. The van der Waals surface area contributed by atoms with E-state index in [4.69, 9.17) is 125 Å². The molecule has 34 N–H and O–H groups in total. The molecule has 6 aromatic carbocycles. The zero-order valence-corrected chi connectivity index (χ0v) is 50.9. The van der Waals surface area contributed by atoms with Crippen molar-refractivity contribution in [3.8, 4) is 5.75 Å². The van der Waals surface area contributed by atoms with Crippen LogP contribution in [0.25, 0.3) is 0 Å². The van der Waals surface area contributed by atoms with E-state index in [0.717, 1.165) is 88.7 Å². The summed E-state index contributed by atoms with van der Waals surface area (Å²) in [5.41, 5.74) is 97.6. The minimum absolute atomic E-state index is 0.0733. The highest BCUT2D eigenvalue weighted by Gasteiger charge is 2.39. The van der Waals surface area contributed by atoms with Crippen molar-refractivity contribution in [1.29, 1.82) is 0 Å². The van der Waals surface area contributed by atoms with Gasteiger partial charge in [0, 0.05) is 75.5 Å². The van der Waals surface area contributed by atoms with E-state index in [1.807, 2.05) is 57.2 Å². The lowest BCUT2D eigenvalue weighted by Gasteiger charge is -2.45. The summed E-state index contributed by atoms with van der Waals surface area (Å²) >= 11 is 13.8. The Bertz CT molecular complexity index is 2740. The third kappa shape index (κ3) is 25.6. The number of halogens is 5.